The molecule has 5 heteroatoms. The lowest BCUT2D eigenvalue weighted by molar-refractivity contribution is -0.138. The van der Waals surface area contributed by atoms with Gasteiger partial charge in [-0.3, -0.25) is 14.4 Å². The van der Waals surface area contributed by atoms with Gasteiger partial charge in [0.05, 0.1) is 0 Å². The van der Waals surface area contributed by atoms with Gasteiger partial charge in [0.1, 0.15) is 6.04 Å². The molecule has 0 heterocycles. The van der Waals surface area contributed by atoms with Crippen LogP contribution in [0.2, 0.25) is 0 Å². The second-order valence-electron chi connectivity index (χ2n) is 3.37. The molecule has 0 fully saturated rings. The average molecular weight is 213 g/mol. The molecule has 0 bridgehead atoms. The number of carboxylic acid groups (broad SMARTS) is 1. The van der Waals surface area contributed by atoms with E-state index in [9.17, 15) is 14.4 Å². The molecule has 0 spiro atoms. The standard InChI is InChI=1S/C10H15NO4/c1-6(2)9(13)8(12)5-3-4-7(11)10(14)15/h7H,1,3-5,11H2,2H3,(H,14,15). The minimum atomic E-state index is -1.10. The lowest BCUT2D eigenvalue weighted by atomic mass is 10.0. The Bertz CT molecular complexity index is 296. The van der Waals surface area contributed by atoms with Crippen LogP contribution in [-0.2, 0) is 14.4 Å². The fourth-order valence-electron chi connectivity index (χ4n) is 0.958. The number of rotatable bonds is 7. The highest BCUT2D eigenvalue weighted by atomic mass is 16.4. The van der Waals surface area contributed by atoms with Crippen LogP contribution in [0.3, 0.4) is 0 Å². The van der Waals surface area contributed by atoms with Gasteiger partial charge in [-0.1, -0.05) is 6.58 Å². The third kappa shape index (κ3) is 5.07. The molecule has 0 aliphatic carbocycles. The van der Waals surface area contributed by atoms with Crippen LogP contribution in [-0.4, -0.2) is 28.7 Å². The molecule has 0 radical (unpaired) electrons. The van der Waals surface area contributed by atoms with Gasteiger partial charge in [-0.25, -0.2) is 0 Å². The molecule has 0 aliphatic rings. The Hall–Kier alpha value is -1.49. The highest BCUT2D eigenvalue weighted by Crippen LogP contribution is 2.03. The number of carbonyl (C=O) groups is 3. The third-order valence-corrected chi connectivity index (χ3v) is 1.88. The number of hydrogen-bond acceptors (Lipinski definition) is 4. The smallest absolute Gasteiger partial charge is 0.320 e. The van der Waals surface area contributed by atoms with Gasteiger partial charge in [0, 0.05) is 6.42 Å². The Balaban J connectivity index is 3.88. The summed E-state index contributed by atoms with van der Waals surface area (Å²) >= 11 is 0. The topological polar surface area (TPSA) is 97.5 Å². The summed E-state index contributed by atoms with van der Waals surface area (Å²) in [5.41, 5.74) is 5.42. The number of hydrogen-bond donors (Lipinski definition) is 2. The van der Waals surface area contributed by atoms with Crippen molar-refractivity contribution in [2.75, 3.05) is 0 Å². The number of ketones is 2. The van der Waals surface area contributed by atoms with Crippen molar-refractivity contribution < 1.29 is 19.5 Å². The highest BCUT2D eigenvalue weighted by molar-refractivity contribution is 6.43. The van der Waals surface area contributed by atoms with Crippen molar-refractivity contribution in [3.05, 3.63) is 12.2 Å². The summed E-state index contributed by atoms with van der Waals surface area (Å²) in [6.07, 6.45) is 0.503. The normalized spacial score (nSPS) is 11.9. The maximum atomic E-state index is 11.1. The van der Waals surface area contributed by atoms with E-state index in [2.05, 4.69) is 6.58 Å². The molecular formula is C10H15NO4. The van der Waals surface area contributed by atoms with E-state index in [4.69, 9.17) is 10.8 Å². The molecule has 0 saturated heterocycles. The average Bonchev–Trinajstić information content (AvgIpc) is 2.15. The lowest BCUT2D eigenvalue weighted by Crippen LogP contribution is -2.30. The minimum absolute atomic E-state index is 0.0205. The Labute approximate surface area is 88.0 Å². The van der Waals surface area contributed by atoms with E-state index in [0.717, 1.165) is 0 Å². The molecule has 3 N–H and O–H groups in total. The predicted molar refractivity (Wildman–Crippen MR) is 54.3 cm³/mol. The van der Waals surface area contributed by atoms with Crippen LogP contribution in [0.5, 0.6) is 0 Å². The van der Waals surface area contributed by atoms with Crippen LogP contribution in [0.15, 0.2) is 12.2 Å². The number of carbonyl (C=O) groups excluding carboxylic acids is 2. The fourth-order valence-corrected chi connectivity index (χ4v) is 0.958. The summed E-state index contributed by atoms with van der Waals surface area (Å²) in [7, 11) is 0. The summed E-state index contributed by atoms with van der Waals surface area (Å²) in [5.74, 6) is -2.24. The zero-order chi connectivity index (χ0) is 12.0. The number of aliphatic carboxylic acids is 1. The SMILES string of the molecule is C=C(C)C(=O)C(=O)CCCC(N)C(=O)O. The molecule has 15 heavy (non-hydrogen) atoms. The maximum Gasteiger partial charge on any atom is 0.320 e. The molecule has 1 unspecified atom stereocenters. The Morgan fingerprint density at radius 1 is 1.40 bits per heavy atom. The van der Waals surface area contributed by atoms with Crippen molar-refractivity contribution in [2.45, 2.75) is 32.2 Å². The van der Waals surface area contributed by atoms with Gasteiger partial charge in [-0.15, -0.1) is 0 Å². The number of carboxylic acids is 1. The molecule has 0 aliphatic heterocycles. The first kappa shape index (κ1) is 13.5. The number of nitrogens with two attached hydrogens (primary N) is 1. The van der Waals surface area contributed by atoms with Crippen molar-refractivity contribution in [3.63, 3.8) is 0 Å². The molecule has 0 aromatic heterocycles. The van der Waals surface area contributed by atoms with Crippen LogP contribution < -0.4 is 5.73 Å². The first-order chi connectivity index (χ1) is 6.86. The fraction of sp³-hybridized carbons (Fsp3) is 0.500. The van der Waals surface area contributed by atoms with Gasteiger partial charge in [-0.05, 0) is 25.3 Å². The van der Waals surface area contributed by atoms with Crippen molar-refractivity contribution >= 4 is 17.5 Å². The zero-order valence-corrected chi connectivity index (χ0v) is 8.66. The monoisotopic (exact) mass is 213 g/mol. The molecule has 0 amide bonds. The molecule has 84 valence electrons. The van der Waals surface area contributed by atoms with Crippen molar-refractivity contribution in [1.29, 1.82) is 0 Å². The molecule has 5 nitrogen and oxygen atoms in total. The molecule has 1 atom stereocenters. The van der Waals surface area contributed by atoms with E-state index >= 15 is 0 Å². The molecule has 0 aromatic carbocycles. The van der Waals surface area contributed by atoms with Gasteiger partial charge >= 0.3 is 5.97 Å². The van der Waals surface area contributed by atoms with Gasteiger partial charge in [0.2, 0.25) is 11.6 Å². The van der Waals surface area contributed by atoms with Gasteiger partial charge < -0.3 is 10.8 Å². The van der Waals surface area contributed by atoms with Crippen LogP contribution in [0.25, 0.3) is 0 Å². The summed E-state index contributed by atoms with van der Waals surface area (Å²) < 4.78 is 0. The van der Waals surface area contributed by atoms with Crippen LogP contribution in [0.1, 0.15) is 26.2 Å². The Kier molecular flexibility index (Phi) is 5.48. The highest BCUT2D eigenvalue weighted by Gasteiger charge is 2.16. The second-order valence-corrected chi connectivity index (χ2v) is 3.37. The second kappa shape index (κ2) is 6.08. The quantitative estimate of drug-likeness (QED) is 0.467. The Morgan fingerprint density at radius 2 is 1.93 bits per heavy atom. The molecule has 0 rings (SSSR count). The zero-order valence-electron chi connectivity index (χ0n) is 8.66. The van der Waals surface area contributed by atoms with E-state index in [-0.39, 0.29) is 18.4 Å². The molecule has 0 saturated carbocycles. The summed E-state index contributed by atoms with van der Waals surface area (Å²) in [5, 5.41) is 8.45. The number of Topliss-reactive ketones (excluding diaryl/α,β-unsaturated/α-hetero) is 2. The minimum Gasteiger partial charge on any atom is -0.480 e. The molecular weight excluding hydrogens is 198 g/mol. The first-order valence-electron chi connectivity index (χ1n) is 4.57. The molecule has 0 aromatic rings. The van der Waals surface area contributed by atoms with Gasteiger partial charge in [-0.2, -0.15) is 0 Å². The van der Waals surface area contributed by atoms with Gasteiger partial charge in [0.25, 0.3) is 0 Å². The Morgan fingerprint density at radius 3 is 2.33 bits per heavy atom. The van der Waals surface area contributed by atoms with Crippen molar-refractivity contribution in [3.8, 4) is 0 Å². The summed E-state index contributed by atoms with van der Waals surface area (Å²) in [6.45, 7) is 4.82. The first-order valence-corrected chi connectivity index (χ1v) is 4.57. The van der Waals surface area contributed by atoms with Crippen molar-refractivity contribution in [1.82, 2.24) is 0 Å². The predicted octanol–water partition coefficient (Wildman–Crippen LogP) is 0.283. The van der Waals surface area contributed by atoms with Crippen LogP contribution >= 0.6 is 0 Å². The van der Waals surface area contributed by atoms with Gasteiger partial charge in [0.15, 0.2) is 0 Å². The van der Waals surface area contributed by atoms with E-state index in [1.165, 1.54) is 6.92 Å². The van der Waals surface area contributed by atoms with Crippen molar-refractivity contribution in [2.24, 2.45) is 5.73 Å². The summed E-state index contributed by atoms with van der Waals surface area (Å²) in [6, 6.07) is -0.974. The number of allylic oxidation sites excluding steroid dienone is 1. The van der Waals surface area contributed by atoms with E-state index in [1.54, 1.807) is 0 Å². The van der Waals surface area contributed by atoms with Crippen LogP contribution in [0.4, 0.5) is 0 Å². The lowest BCUT2D eigenvalue weighted by Gasteiger charge is -2.04. The van der Waals surface area contributed by atoms with E-state index in [1.807, 2.05) is 0 Å². The van der Waals surface area contributed by atoms with E-state index < -0.39 is 23.6 Å². The maximum absolute atomic E-state index is 11.1. The third-order valence-electron chi connectivity index (χ3n) is 1.88. The van der Waals surface area contributed by atoms with Crippen LogP contribution in [0, 0.1) is 0 Å². The van der Waals surface area contributed by atoms with E-state index in [0.29, 0.717) is 6.42 Å². The summed E-state index contributed by atoms with van der Waals surface area (Å²) in [4.78, 5) is 32.5. The largest absolute Gasteiger partial charge is 0.480 e.